The molecule has 1 aliphatic heterocycles. The van der Waals surface area contributed by atoms with Gasteiger partial charge in [0.05, 0.1) is 21.8 Å². The van der Waals surface area contributed by atoms with Crippen LogP contribution in [0.1, 0.15) is 35.4 Å². The van der Waals surface area contributed by atoms with Crippen molar-refractivity contribution in [1.29, 1.82) is 0 Å². The number of anilines is 1. The van der Waals surface area contributed by atoms with Crippen LogP contribution >= 0.6 is 11.3 Å². The molecule has 0 radical (unpaired) electrons. The molecule has 0 bridgehead atoms. The van der Waals surface area contributed by atoms with E-state index in [0.29, 0.717) is 26.1 Å². The maximum atomic E-state index is 12.6. The van der Waals surface area contributed by atoms with Gasteiger partial charge >= 0.3 is 0 Å². The van der Waals surface area contributed by atoms with Gasteiger partial charge in [-0.3, -0.25) is 14.5 Å². The average molecular weight is 465 g/mol. The number of carbonyl (C=O) groups is 2. The van der Waals surface area contributed by atoms with Crippen LogP contribution in [0.3, 0.4) is 0 Å². The Labute approximate surface area is 199 Å². The van der Waals surface area contributed by atoms with E-state index in [0.717, 1.165) is 54.1 Å². The van der Waals surface area contributed by atoms with E-state index in [1.54, 1.807) is 11.3 Å². The van der Waals surface area contributed by atoms with Gasteiger partial charge in [-0.15, -0.1) is 11.3 Å². The molecule has 1 aromatic heterocycles. The van der Waals surface area contributed by atoms with Gasteiger partial charge in [0, 0.05) is 38.3 Å². The van der Waals surface area contributed by atoms with Gasteiger partial charge < -0.3 is 10.2 Å². The predicted octanol–water partition coefficient (Wildman–Crippen LogP) is 4.41. The Balaban J connectivity index is 1.14. The first-order valence-corrected chi connectivity index (χ1v) is 12.5. The van der Waals surface area contributed by atoms with E-state index in [2.05, 4.69) is 21.3 Å². The number of aryl methyl sites for hydroxylation is 2. The number of carbonyl (C=O) groups excluding carboxylic acids is 2. The van der Waals surface area contributed by atoms with Crippen LogP contribution in [0.5, 0.6) is 0 Å². The summed E-state index contributed by atoms with van der Waals surface area (Å²) in [5.74, 6) is 0.220. The average Bonchev–Trinajstić information content (AvgIpc) is 3.23. The summed E-state index contributed by atoms with van der Waals surface area (Å²) in [6.45, 7) is 7.27. The maximum Gasteiger partial charge on any atom is 0.238 e. The molecular weight excluding hydrogens is 432 g/mol. The van der Waals surface area contributed by atoms with Crippen molar-refractivity contribution < 1.29 is 9.59 Å². The lowest BCUT2D eigenvalue weighted by Gasteiger charge is -2.34. The summed E-state index contributed by atoms with van der Waals surface area (Å²) in [5, 5.41) is 4.17. The Bertz CT molecular complexity index is 1090. The molecule has 2 heterocycles. The van der Waals surface area contributed by atoms with E-state index in [1.807, 2.05) is 55.1 Å². The fraction of sp³-hybridized carbons (Fsp3) is 0.423. The lowest BCUT2D eigenvalue weighted by molar-refractivity contribution is -0.133. The third-order valence-electron chi connectivity index (χ3n) is 6.34. The highest BCUT2D eigenvalue weighted by atomic mass is 32.1. The number of benzene rings is 2. The number of nitrogens with one attached hydrogen (secondary N) is 1. The topological polar surface area (TPSA) is 65.5 Å². The van der Waals surface area contributed by atoms with Crippen molar-refractivity contribution in [2.24, 2.45) is 0 Å². The third kappa shape index (κ3) is 6.18. The number of fused-ring (bicyclic) bond motifs is 1. The van der Waals surface area contributed by atoms with Crippen molar-refractivity contribution in [2.75, 3.05) is 38.0 Å². The van der Waals surface area contributed by atoms with Crippen LogP contribution in [-0.2, 0) is 16.0 Å². The van der Waals surface area contributed by atoms with Crippen molar-refractivity contribution in [3.05, 3.63) is 58.6 Å². The summed E-state index contributed by atoms with van der Waals surface area (Å²) in [7, 11) is 0. The Morgan fingerprint density at radius 1 is 1.00 bits per heavy atom. The van der Waals surface area contributed by atoms with Gasteiger partial charge in [0.15, 0.2) is 0 Å². The largest absolute Gasteiger partial charge is 0.340 e. The summed E-state index contributed by atoms with van der Waals surface area (Å²) < 4.78 is 1.23. The van der Waals surface area contributed by atoms with Gasteiger partial charge in [0.2, 0.25) is 11.8 Å². The summed E-state index contributed by atoms with van der Waals surface area (Å²) in [5.41, 5.74) is 4.21. The van der Waals surface area contributed by atoms with Gasteiger partial charge in [-0.25, -0.2) is 4.98 Å². The number of nitrogens with zero attached hydrogens (tertiary/aromatic N) is 3. The van der Waals surface area contributed by atoms with Crippen molar-refractivity contribution in [3.8, 4) is 0 Å². The highest BCUT2D eigenvalue weighted by Crippen LogP contribution is 2.23. The zero-order chi connectivity index (χ0) is 23.2. The van der Waals surface area contributed by atoms with E-state index in [9.17, 15) is 9.59 Å². The molecule has 0 saturated carbocycles. The van der Waals surface area contributed by atoms with Crippen LogP contribution < -0.4 is 5.32 Å². The second-order valence-corrected chi connectivity index (χ2v) is 9.85. The molecular formula is C26H32N4O2S. The second-order valence-electron chi connectivity index (χ2n) is 8.74. The minimum absolute atomic E-state index is 0.00155. The number of piperazine rings is 1. The monoisotopic (exact) mass is 464 g/mol. The van der Waals surface area contributed by atoms with Gasteiger partial charge in [0.1, 0.15) is 0 Å². The molecule has 33 heavy (non-hydrogen) atoms. The first-order chi connectivity index (χ1) is 16.0. The zero-order valence-electron chi connectivity index (χ0n) is 19.5. The number of amides is 2. The SMILES string of the molecule is Cc1cccc(NC(=O)CN2CCN(C(=O)CCCCc3nc4ccccc4s3)CC2)c1C. The Kier molecular flexibility index (Phi) is 7.73. The maximum absolute atomic E-state index is 12.6. The molecule has 174 valence electrons. The van der Waals surface area contributed by atoms with Crippen molar-refractivity contribution in [2.45, 2.75) is 39.5 Å². The Hall–Kier alpha value is -2.77. The van der Waals surface area contributed by atoms with E-state index in [1.165, 1.54) is 10.3 Å². The molecule has 6 nitrogen and oxygen atoms in total. The molecule has 0 aliphatic carbocycles. The van der Waals surface area contributed by atoms with Crippen LogP contribution in [0, 0.1) is 13.8 Å². The molecule has 7 heteroatoms. The molecule has 0 spiro atoms. The van der Waals surface area contributed by atoms with Crippen molar-refractivity contribution in [1.82, 2.24) is 14.8 Å². The number of hydrogen-bond donors (Lipinski definition) is 1. The molecule has 1 saturated heterocycles. The first-order valence-electron chi connectivity index (χ1n) is 11.7. The number of aromatic nitrogens is 1. The minimum atomic E-state index is -0.00155. The summed E-state index contributed by atoms with van der Waals surface area (Å²) >= 11 is 1.75. The first kappa shape index (κ1) is 23.4. The molecule has 0 atom stereocenters. The quantitative estimate of drug-likeness (QED) is 0.502. The lowest BCUT2D eigenvalue weighted by Crippen LogP contribution is -2.50. The zero-order valence-corrected chi connectivity index (χ0v) is 20.3. The number of hydrogen-bond acceptors (Lipinski definition) is 5. The number of thiazole rings is 1. The fourth-order valence-corrected chi connectivity index (χ4v) is 5.18. The van der Waals surface area contributed by atoms with E-state index >= 15 is 0 Å². The molecule has 1 N–H and O–H groups in total. The number of rotatable bonds is 8. The molecule has 4 rings (SSSR count). The lowest BCUT2D eigenvalue weighted by atomic mass is 10.1. The fourth-order valence-electron chi connectivity index (χ4n) is 4.17. The van der Waals surface area contributed by atoms with Gasteiger partial charge in [-0.1, -0.05) is 24.3 Å². The molecule has 2 aromatic carbocycles. The number of para-hydroxylation sites is 1. The summed E-state index contributed by atoms with van der Waals surface area (Å²) in [6.07, 6.45) is 3.37. The van der Waals surface area contributed by atoms with Crippen molar-refractivity contribution in [3.63, 3.8) is 0 Å². The summed E-state index contributed by atoms with van der Waals surface area (Å²) in [6, 6.07) is 14.2. The molecule has 0 unspecified atom stereocenters. The van der Waals surface area contributed by atoms with Crippen LogP contribution in [0.4, 0.5) is 5.69 Å². The van der Waals surface area contributed by atoms with Gasteiger partial charge in [0.25, 0.3) is 0 Å². The Morgan fingerprint density at radius 3 is 2.58 bits per heavy atom. The van der Waals surface area contributed by atoms with Crippen molar-refractivity contribution >= 4 is 39.1 Å². The second kappa shape index (κ2) is 10.9. The van der Waals surface area contributed by atoms with Crippen LogP contribution in [-0.4, -0.2) is 59.3 Å². The van der Waals surface area contributed by atoms with Gasteiger partial charge in [-0.05, 0) is 62.4 Å². The third-order valence-corrected chi connectivity index (χ3v) is 7.44. The normalized spacial score (nSPS) is 14.5. The highest BCUT2D eigenvalue weighted by Gasteiger charge is 2.22. The minimum Gasteiger partial charge on any atom is -0.340 e. The highest BCUT2D eigenvalue weighted by molar-refractivity contribution is 7.18. The van der Waals surface area contributed by atoms with E-state index in [4.69, 9.17) is 0 Å². The molecule has 1 aliphatic rings. The van der Waals surface area contributed by atoms with Crippen LogP contribution in [0.2, 0.25) is 0 Å². The van der Waals surface area contributed by atoms with E-state index in [-0.39, 0.29) is 11.8 Å². The predicted molar refractivity (Wildman–Crippen MR) is 135 cm³/mol. The smallest absolute Gasteiger partial charge is 0.238 e. The van der Waals surface area contributed by atoms with E-state index < -0.39 is 0 Å². The number of unbranched alkanes of at least 4 members (excludes halogenated alkanes) is 1. The van der Waals surface area contributed by atoms with Crippen LogP contribution in [0.15, 0.2) is 42.5 Å². The summed E-state index contributed by atoms with van der Waals surface area (Å²) in [4.78, 5) is 33.8. The van der Waals surface area contributed by atoms with Gasteiger partial charge in [-0.2, -0.15) is 0 Å². The molecule has 2 amide bonds. The standard InChI is InChI=1S/C26H32N4O2S/c1-19-8-7-10-21(20(19)2)27-24(31)18-29-14-16-30(17-15-29)26(32)13-6-5-12-25-28-22-9-3-4-11-23(22)33-25/h3-4,7-11H,5-6,12-18H2,1-2H3,(H,27,31). The molecule has 3 aromatic rings. The molecule has 1 fully saturated rings. The van der Waals surface area contributed by atoms with Crippen LogP contribution in [0.25, 0.3) is 10.2 Å². The Morgan fingerprint density at radius 2 is 1.79 bits per heavy atom.